The van der Waals surface area contributed by atoms with E-state index in [1.165, 1.54) is 0 Å². The highest BCUT2D eigenvalue weighted by Crippen LogP contribution is 2.73. The van der Waals surface area contributed by atoms with Gasteiger partial charge < -0.3 is 9.16 Å². The molecule has 0 aromatic carbocycles. The van der Waals surface area contributed by atoms with Crippen LogP contribution in [0.1, 0.15) is 87.5 Å². The zero-order chi connectivity index (χ0) is 26.6. The molecule has 3 nitrogen and oxygen atoms in total. The molecule has 3 fully saturated rings. The van der Waals surface area contributed by atoms with Gasteiger partial charge in [-0.1, -0.05) is 72.2 Å². The van der Waals surface area contributed by atoms with E-state index in [9.17, 15) is 4.79 Å². The number of methoxy groups -OCH3 is 1. The van der Waals surface area contributed by atoms with Crippen LogP contribution < -0.4 is 0 Å². The third kappa shape index (κ3) is 3.55. The smallest absolute Gasteiger partial charge is 0.192 e. The lowest BCUT2D eigenvalue weighted by Gasteiger charge is -2.69. The zero-order valence-corrected chi connectivity index (χ0v) is 25.9. The molecule has 3 saturated carbocycles. The molecule has 0 spiro atoms. The van der Waals surface area contributed by atoms with Gasteiger partial charge in [-0.05, 0) is 85.2 Å². The summed E-state index contributed by atoms with van der Waals surface area (Å²) in [5.74, 6) is 1.38. The molecule has 35 heavy (non-hydrogen) atoms. The van der Waals surface area contributed by atoms with Crippen LogP contribution in [0.5, 0.6) is 0 Å². The minimum atomic E-state index is -1.88. The Morgan fingerprint density at radius 3 is 2.11 bits per heavy atom. The fourth-order valence-corrected chi connectivity index (χ4v) is 10.7. The van der Waals surface area contributed by atoms with Crippen molar-refractivity contribution < 1.29 is 14.0 Å². The van der Waals surface area contributed by atoms with Crippen molar-refractivity contribution in [2.45, 2.75) is 112 Å². The van der Waals surface area contributed by atoms with Crippen LogP contribution in [0.4, 0.5) is 0 Å². The van der Waals surface area contributed by atoms with Crippen LogP contribution in [0, 0.1) is 39.4 Å². The van der Waals surface area contributed by atoms with Gasteiger partial charge in [0, 0.05) is 5.41 Å². The molecule has 2 bridgehead atoms. The standard InChI is InChI=1S/C30H49ClO3Si/c1-18-22-24(32)23(31)25(33-10)30(18,9)17-20-28(7)16-14-21(34-35(11,12)26(2,3)4)27(5,6)19(28)13-15-29(20,22)8/h19-22H,1,13-17H2,2-12H3/t19-,20+,21-,22+,28-,29+,30-/m1/s1. The number of ether oxygens (including phenoxy) is 1. The van der Waals surface area contributed by atoms with Crippen LogP contribution >= 0.6 is 11.6 Å². The topological polar surface area (TPSA) is 35.5 Å². The van der Waals surface area contributed by atoms with Crippen LogP contribution in [0.25, 0.3) is 0 Å². The van der Waals surface area contributed by atoms with Gasteiger partial charge in [0.05, 0.1) is 19.1 Å². The highest BCUT2D eigenvalue weighted by Gasteiger charge is 2.69. The van der Waals surface area contributed by atoms with E-state index in [1.807, 2.05) is 0 Å². The minimum Gasteiger partial charge on any atom is -0.498 e. The highest BCUT2D eigenvalue weighted by molar-refractivity contribution is 6.74. The minimum absolute atomic E-state index is 0.0226. The van der Waals surface area contributed by atoms with Crippen LogP contribution in [0.2, 0.25) is 18.1 Å². The van der Waals surface area contributed by atoms with Crippen molar-refractivity contribution in [1.29, 1.82) is 0 Å². The summed E-state index contributed by atoms with van der Waals surface area (Å²) in [5.41, 5.74) is 0.710. The van der Waals surface area contributed by atoms with E-state index in [-0.39, 0.29) is 39.1 Å². The molecule has 0 radical (unpaired) electrons. The molecule has 4 aliphatic carbocycles. The predicted molar refractivity (Wildman–Crippen MR) is 148 cm³/mol. The van der Waals surface area contributed by atoms with Gasteiger partial charge in [-0.2, -0.15) is 0 Å². The Bertz CT molecular complexity index is 975. The average molecular weight is 521 g/mol. The molecule has 198 valence electrons. The number of hydrogen-bond donors (Lipinski definition) is 0. The lowest BCUT2D eigenvalue weighted by molar-refractivity contribution is -0.195. The summed E-state index contributed by atoms with van der Waals surface area (Å²) >= 11 is 6.67. The van der Waals surface area contributed by atoms with E-state index in [2.05, 4.69) is 75.1 Å². The second-order valence-electron chi connectivity index (χ2n) is 15.1. The Kier molecular flexibility index (Phi) is 6.24. The van der Waals surface area contributed by atoms with Crippen LogP contribution in [0.3, 0.4) is 0 Å². The van der Waals surface area contributed by atoms with Crippen LogP contribution in [-0.2, 0) is 14.0 Å². The van der Waals surface area contributed by atoms with Gasteiger partial charge in [0.25, 0.3) is 0 Å². The summed E-state index contributed by atoms with van der Waals surface area (Å²) < 4.78 is 12.9. The maximum Gasteiger partial charge on any atom is 0.192 e. The van der Waals surface area contributed by atoms with Gasteiger partial charge in [-0.3, -0.25) is 4.79 Å². The number of rotatable bonds is 3. The Balaban J connectivity index is 1.75. The number of allylic oxidation sites excluding steroid dienone is 2. The van der Waals surface area contributed by atoms with Crippen molar-refractivity contribution in [2.24, 2.45) is 39.4 Å². The molecule has 0 saturated heterocycles. The normalized spacial score (nSPS) is 43.5. The van der Waals surface area contributed by atoms with Gasteiger partial charge in [-0.25, -0.2) is 0 Å². The first-order chi connectivity index (χ1) is 15.8. The Labute approximate surface area is 220 Å². The van der Waals surface area contributed by atoms with Crippen molar-refractivity contribution in [3.8, 4) is 0 Å². The SMILES string of the molecule is C=C1[C@H]2C(=O)C(Cl)=C(OC)[C@]1(C)C[C@H]1[C@]3(C)CC[C@@H](O[Si](C)(C)C(C)(C)C)C(C)(C)[C@H]3CC[C@]21C. The summed E-state index contributed by atoms with van der Waals surface area (Å²) in [7, 11) is -0.227. The van der Waals surface area contributed by atoms with E-state index in [4.69, 9.17) is 20.8 Å². The largest absolute Gasteiger partial charge is 0.498 e. The first-order valence-electron chi connectivity index (χ1n) is 13.6. The third-order valence-corrected chi connectivity index (χ3v) is 16.8. The van der Waals surface area contributed by atoms with Gasteiger partial charge in [0.2, 0.25) is 0 Å². The van der Waals surface area contributed by atoms with Crippen LogP contribution in [0.15, 0.2) is 22.9 Å². The van der Waals surface area contributed by atoms with Gasteiger partial charge >= 0.3 is 0 Å². The first-order valence-corrected chi connectivity index (χ1v) is 16.9. The number of fused-ring (bicyclic) bond motifs is 6. The van der Waals surface area contributed by atoms with Crippen LogP contribution in [-0.4, -0.2) is 27.3 Å². The molecule has 0 N–H and O–H groups in total. The lowest BCUT2D eigenvalue weighted by atomic mass is 9.35. The second kappa shape index (κ2) is 7.96. The van der Waals surface area contributed by atoms with E-state index in [0.29, 0.717) is 22.6 Å². The van der Waals surface area contributed by atoms with Crippen molar-refractivity contribution in [1.82, 2.24) is 0 Å². The Hall–Kier alpha value is -0.583. The van der Waals surface area contributed by atoms with Crippen molar-refractivity contribution in [3.05, 3.63) is 22.9 Å². The molecule has 5 heteroatoms. The lowest BCUT2D eigenvalue weighted by Crippen LogP contribution is -2.65. The summed E-state index contributed by atoms with van der Waals surface area (Å²) in [6.45, 7) is 28.3. The number of carbonyl (C=O) groups excluding carboxylic acids is 1. The zero-order valence-electron chi connectivity index (χ0n) is 24.2. The Morgan fingerprint density at radius 2 is 1.57 bits per heavy atom. The monoisotopic (exact) mass is 520 g/mol. The fourth-order valence-electron chi connectivity index (χ4n) is 8.87. The summed E-state index contributed by atoms with van der Waals surface area (Å²) in [6.07, 6.45) is 5.62. The van der Waals surface area contributed by atoms with Crippen molar-refractivity contribution in [2.75, 3.05) is 7.11 Å². The molecule has 7 atom stereocenters. The number of carbonyl (C=O) groups is 1. The molecule has 0 aliphatic heterocycles. The van der Waals surface area contributed by atoms with Gasteiger partial charge in [0.1, 0.15) is 10.8 Å². The number of Topliss-reactive ketones (excluding diaryl/α,β-unsaturated/α-hetero) is 1. The van der Waals surface area contributed by atoms with Gasteiger partial charge in [-0.15, -0.1) is 0 Å². The predicted octanol–water partition coefficient (Wildman–Crippen LogP) is 8.50. The second-order valence-corrected chi connectivity index (χ2v) is 20.2. The summed E-state index contributed by atoms with van der Waals surface area (Å²) in [6, 6.07) is 0. The highest BCUT2D eigenvalue weighted by atomic mass is 35.5. The summed E-state index contributed by atoms with van der Waals surface area (Å²) in [4.78, 5) is 13.7. The first kappa shape index (κ1) is 27.5. The van der Waals surface area contributed by atoms with E-state index < -0.39 is 13.7 Å². The number of ketones is 1. The molecule has 0 heterocycles. The van der Waals surface area contributed by atoms with Crippen molar-refractivity contribution >= 4 is 25.7 Å². The van der Waals surface area contributed by atoms with E-state index in [1.54, 1.807) is 7.11 Å². The molecule has 4 aliphatic rings. The molecule has 0 aromatic rings. The average Bonchev–Trinajstić information content (AvgIpc) is 2.71. The maximum absolute atomic E-state index is 13.7. The third-order valence-electron chi connectivity index (χ3n) is 12.0. The summed E-state index contributed by atoms with van der Waals surface area (Å²) in [5, 5.41) is 0.499. The quantitative estimate of drug-likeness (QED) is 0.276. The Morgan fingerprint density at radius 1 is 1.00 bits per heavy atom. The molecular formula is C30H49ClO3Si. The molecule has 0 unspecified atom stereocenters. The molecular weight excluding hydrogens is 472 g/mol. The van der Waals surface area contributed by atoms with Gasteiger partial charge in [0.15, 0.2) is 14.1 Å². The van der Waals surface area contributed by atoms with E-state index in [0.717, 1.165) is 37.7 Å². The number of hydrogen-bond acceptors (Lipinski definition) is 3. The molecule has 0 aromatic heterocycles. The van der Waals surface area contributed by atoms with Crippen molar-refractivity contribution in [3.63, 3.8) is 0 Å². The fraction of sp³-hybridized carbons (Fsp3) is 0.833. The van der Waals surface area contributed by atoms with E-state index >= 15 is 0 Å². The number of halogens is 1. The molecule has 4 rings (SSSR count). The maximum atomic E-state index is 13.7. The molecule has 0 amide bonds.